The highest BCUT2D eigenvalue weighted by Gasteiger charge is 2.47. The van der Waals surface area contributed by atoms with Crippen LogP contribution in [0.1, 0.15) is 44.7 Å². The first-order chi connectivity index (χ1) is 17.5. The van der Waals surface area contributed by atoms with Crippen LogP contribution in [0.5, 0.6) is 0 Å². The number of benzene rings is 2. The second-order valence-corrected chi connectivity index (χ2v) is 11.8. The fourth-order valence-corrected chi connectivity index (χ4v) is 5.93. The van der Waals surface area contributed by atoms with Crippen LogP contribution < -0.4 is 4.90 Å². The van der Waals surface area contributed by atoms with E-state index in [-0.39, 0.29) is 24.1 Å². The predicted octanol–water partition coefficient (Wildman–Crippen LogP) is 4.93. The summed E-state index contributed by atoms with van der Waals surface area (Å²) in [7, 11) is 1.77. The molecule has 7 nitrogen and oxygen atoms in total. The number of hydrogen-bond donors (Lipinski definition) is 0. The van der Waals surface area contributed by atoms with Crippen molar-refractivity contribution >= 4 is 52.2 Å². The van der Waals surface area contributed by atoms with Gasteiger partial charge in [0.1, 0.15) is 11.6 Å². The van der Waals surface area contributed by atoms with Crippen LogP contribution in [0.2, 0.25) is 5.02 Å². The van der Waals surface area contributed by atoms with Crippen LogP contribution in [-0.2, 0) is 9.53 Å². The van der Waals surface area contributed by atoms with E-state index in [4.69, 9.17) is 33.5 Å². The van der Waals surface area contributed by atoms with E-state index in [2.05, 4.69) is 4.90 Å². The Kier molecular flexibility index (Phi) is 6.75. The largest absolute Gasteiger partial charge is 0.444 e. The fraction of sp³-hybridized carbons (Fsp3) is 0.429. The summed E-state index contributed by atoms with van der Waals surface area (Å²) >= 11 is 12.2. The molecule has 3 aliphatic heterocycles. The number of aliphatic imine (C=N–C) groups is 1. The highest BCUT2D eigenvalue weighted by molar-refractivity contribution is 7.80. The first-order valence-electron chi connectivity index (χ1n) is 12.5. The van der Waals surface area contributed by atoms with Crippen molar-refractivity contribution in [3.05, 3.63) is 64.7 Å². The monoisotopic (exact) mass is 538 g/mol. The zero-order chi connectivity index (χ0) is 26.5. The van der Waals surface area contributed by atoms with Crippen molar-refractivity contribution in [1.29, 1.82) is 0 Å². The minimum Gasteiger partial charge on any atom is -0.444 e. The third kappa shape index (κ3) is 5.09. The van der Waals surface area contributed by atoms with Crippen LogP contribution in [0, 0.1) is 0 Å². The Labute approximate surface area is 228 Å². The summed E-state index contributed by atoms with van der Waals surface area (Å²) in [6.45, 7) is 6.83. The van der Waals surface area contributed by atoms with Gasteiger partial charge in [0.05, 0.1) is 22.4 Å². The van der Waals surface area contributed by atoms with Crippen molar-refractivity contribution < 1.29 is 14.3 Å². The Morgan fingerprint density at radius 1 is 1.11 bits per heavy atom. The highest BCUT2D eigenvalue weighted by atomic mass is 35.5. The van der Waals surface area contributed by atoms with Gasteiger partial charge in [-0.15, -0.1) is 0 Å². The average molecular weight is 539 g/mol. The summed E-state index contributed by atoms with van der Waals surface area (Å²) in [5.74, 6) is -0.114. The summed E-state index contributed by atoms with van der Waals surface area (Å²) in [5.41, 5.74) is 2.69. The third-order valence-electron chi connectivity index (χ3n) is 7.08. The molecular formula is C28H31ClN4O3S. The van der Waals surface area contributed by atoms with Gasteiger partial charge in [0.15, 0.2) is 0 Å². The normalized spacial score (nSPS) is 23.1. The van der Waals surface area contributed by atoms with E-state index >= 15 is 0 Å². The van der Waals surface area contributed by atoms with Crippen molar-refractivity contribution in [3.8, 4) is 0 Å². The Balaban J connectivity index is 1.38. The van der Waals surface area contributed by atoms with E-state index in [1.807, 2.05) is 68.1 Å². The number of benzodiazepines with no additional fused rings is 1. The maximum absolute atomic E-state index is 13.6. The molecule has 0 radical (unpaired) electrons. The molecule has 3 atom stereocenters. The van der Waals surface area contributed by atoms with Crippen LogP contribution in [0.3, 0.4) is 0 Å². The summed E-state index contributed by atoms with van der Waals surface area (Å²) < 4.78 is 5.58. The van der Waals surface area contributed by atoms with Gasteiger partial charge in [-0.2, -0.15) is 0 Å². The number of hydrogen-bond acceptors (Lipinski definition) is 5. The first-order valence-corrected chi connectivity index (χ1v) is 13.3. The Morgan fingerprint density at radius 3 is 2.43 bits per heavy atom. The zero-order valence-corrected chi connectivity index (χ0v) is 23.1. The van der Waals surface area contributed by atoms with Gasteiger partial charge in [0.2, 0.25) is 0 Å². The molecule has 2 aromatic carbocycles. The number of halogens is 1. The lowest BCUT2D eigenvalue weighted by Gasteiger charge is -2.36. The predicted molar refractivity (Wildman–Crippen MR) is 150 cm³/mol. The van der Waals surface area contributed by atoms with E-state index in [0.717, 1.165) is 28.9 Å². The van der Waals surface area contributed by atoms with Gasteiger partial charge in [-0.3, -0.25) is 9.79 Å². The zero-order valence-electron chi connectivity index (χ0n) is 21.5. The van der Waals surface area contributed by atoms with Gasteiger partial charge < -0.3 is 19.4 Å². The molecule has 2 aromatic rings. The van der Waals surface area contributed by atoms with Crippen molar-refractivity contribution in [2.75, 3.05) is 25.0 Å². The van der Waals surface area contributed by atoms with Crippen LogP contribution in [0.15, 0.2) is 53.5 Å². The van der Waals surface area contributed by atoms with Crippen molar-refractivity contribution in [2.45, 2.75) is 57.3 Å². The molecule has 2 saturated heterocycles. The second kappa shape index (κ2) is 9.72. The van der Waals surface area contributed by atoms with Crippen LogP contribution in [0.25, 0.3) is 0 Å². The average Bonchev–Trinajstić information content (AvgIpc) is 3.44. The molecule has 37 heavy (non-hydrogen) atoms. The number of piperazine rings is 1. The molecule has 5 rings (SSSR count). The number of carbonyl (C=O) groups excluding carboxylic acids is 2. The molecule has 0 aliphatic carbocycles. The molecule has 3 heterocycles. The maximum atomic E-state index is 13.6. The molecule has 3 unspecified atom stereocenters. The van der Waals surface area contributed by atoms with Crippen molar-refractivity contribution in [3.63, 3.8) is 0 Å². The second-order valence-electron chi connectivity index (χ2n) is 10.8. The number of likely N-dealkylation sites (N-methyl/N-ethyl adjacent to an activating group) is 1. The Morgan fingerprint density at radius 2 is 1.78 bits per heavy atom. The smallest absolute Gasteiger partial charge is 0.410 e. The molecule has 194 valence electrons. The van der Waals surface area contributed by atoms with Crippen LogP contribution >= 0.6 is 23.8 Å². The Hall–Kier alpha value is -2.97. The van der Waals surface area contributed by atoms with E-state index < -0.39 is 11.6 Å². The molecule has 0 saturated carbocycles. The third-order valence-corrected chi connectivity index (χ3v) is 7.72. The lowest BCUT2D eigenvalue weighted by molar-refractivity contribution is -0.119. The molecule has 3 aliphatic rings. The van der Waals surface area contributed by atoms with Gasteiger partial charge in [-0.25, -0.2) is 4.79 Å². The number of ether oxygens (including phenoxy) is 1. The number of thiocarbonyl (C=S) groups is 1. The number of carbonyl (C=O) groups is 2. The minimum atomic E-state index is -0.667. The number of likely N-dealkylation sites (tertiary alicyclic amines) is 2. The van der Waals surface area contributed by atoms with Gasteiger partial charge >= 0.3 is 6.09 Å². The lowest BCUT2D eigenvalue weighted by atomic mass is 10.0. The SMILES string of the molecule is CN1C(=O)C(CC(=S)N2CC3CC2CN3C(=O)OC(C)(C)C)N=C(c2ccccc2)c2cc(Cl)ccc21. The number of nitrogens with zero attached hydrogens (tertiary/aromatic N) is 4. The molecule has 2 amide bonds. The quantitative estimate of drug-likeness (QED) is 0.518. The molecule has 2 fully saturated rings. The topological polar surface area (TPSA) is 65.5 Å². The van der Waals surface area contributed by atoms with E-state index in [9.17, 15) is 9.59 Å². The fourth-order valence-electron chi connectivity index (χ4n) is 5.37. The molecule has 0 aromatic heterocycles. The van der Waals surface area contributed by atoms with E-state index in [1.165, 1.54) is 0 Å². The van der Waals surface area contributed by atoms with E-state index in [0.29, 0.717) is 29.5 Å². The van der Waals surface area contributed by atoms with Crippen molar-refractivity contribution in [1.82, 2.24) is 9.80 Å². The Bertz CT molecular complexity index is 1280. The summed E-state index contributed by atoms with van der Waals surface area (Å²) in [6, 6.07) is 14.8. The summed E-state index contributed by atoms with van der Waals surface area (Å²) in [5, 5.41) is 0.583. The highest BCUT2D eigenvalue weighted by Crippen LogP contribution is 2.35. The van der Waals surface area contributed by atoms with Gasteiger partial charge in [-0.05, 0) is 45.4 Å². The summed E-state index contributed by atoms with van der Waals surface area (Å²) in [4.78, 5) is 37.5. The first kappa shape index (κ1) is 25.7. The number of anilines is 1. The van der Waals surface area contributed by atoms with E-state index in [1.54, 1.807) is 18.0 Å². The molecule has 0 N–H and O–H groups in total. The lowest BCUT2D eigenvalue weighted by Crippen LogP contribution is -2.52. The van der Waals surface area contributed by atoms with Crippen LogP contribution in [0.4, 0.5) is 10.5 Å². The standard InChI is InChI=1S/C28H31ClN4O3S/c1-28(2,3)36-27(35)33-16-19-13-20(33)15-32(19)24(37)14-22-26(34)31(4)23-11-10-18(29)12-21(23)25(30-22)17-8-6-5-7-9-17/h5-12,19-20,22H,13-16H2,1-4H3. The molecule has 2 bridgehead atoms. The minimum absolute atomic E-state index is 0.0556. The van der Waals surface area contributed by atoms with Gasteiger partial charge in [-0.1, -0.05) is 54.2 Å². The van der Waals surface area contributed by atoms with Crippen LogP contribution in [-0.4, -0.2) is 76.4 Å². The number of amides is 2. The maximum Gasteiger partial charge on any atom is 0.410 e. The van der Waals surface area contributed by atoms with Crippen molar-refractivity contribution in [2.24, 2.45) is 4.99 Å². The molecule has 9 heteroatoms. The van der Waals surface area contributed by atoms with Gasteiger partial charge in [0, 0.05) is 48.7 Å². The molecular weight excluding hydrogens is 508 g/mol. The van der Waals surface area contributed by atoms with Gasteiger partial charge in [0.25, 0.3) is 5.91 Å². The molecule has 0 spiro atoms. The number of rotatable bonds is 3. The summed E-state index contributed by atoms with van der Waals surface area (Å²) in [6.07, 6.45) is 0.895. The number of fused-ring (bicyclic) bond motifs is 3.